The minimum Gasteiger partial charge on any atom is -0.467 e. The van der Waals surface area contributed by atoms with E-state index in [1.54, 1.807) is 24.3 Å². The Morgan fingerprint density at radius 1 is 1.03 bits per heavy atom. The molecule has 0 radical (unpaired) electrons. The van der Waals surface area contributed by atoms with Crippen LogP contribution in [0.1, 0.15) is 39.1 Å². The van der Waals surface area contributed by atoms with Crippen molar-refractivity contribution in [3.05, 3.63) is 99.0 Å². The molecule has 0 saturated carbocycles. The van der Waals surface area contributed by atoms with E-state index in [0.29, 0.717) is 21.3 Å². The SMILES string of the molecule is COC(=O)C(c1ccc(Cl)cc1)N1C(=O)c2ccc(Cl)cc2NC(=S)C1c1ccc(C(F)(F)F)cc1. The largest absolute Gasteiger partial charge is 0.467 e. The van der Waals surface area contributed by atoms with Crippen molar-refractivity contribution in [1.82, 2.24) is 4.90 Å². The van der Waals surface area contributed by atoms with Gasteiger partial charge in [0.05, 0.1) is 23.9 Å². The minimum atomic E-state index is -4.55. The van der Waals surface area contributed by atoms with Crippen molar-refractivity contribution in [3.63, 3.8) is 0 Å². The minimum absolute atomic E-state index is 0.0759. The maximum absolute atomic E-state index is 14.0. The van der Waals surface area contributed by atoms with Crippen molar-refractivity contribution >= 4 is 58.0 Å². The number of benzene rings is 3. The number of hydrogen-bond donors (Lipinski definition) is 1. The number of rotatable bonds is 4. The fourth-order valence-corrected chi connectivity index (χ4v) is 4.65. The van der Waals surface area contributed by atoms with Crippen LogP contribution in [-0.4, -0.2) is 28.9 Å². The van der Waals surface area contributed by atoms with Crippen LogP contribution in [0.25, 0.3) is 0 Å². The third-order valence-electron chi connectivity index (χ3n) is 5.67. The molecule has 2 unspecified atom stereocenters. The molecule has 3 aromatic carbocycles. The molecule has 1 heterocycles. The van der Waals surface area contributed by atoms with E-state index in [1.165, 1.54) is 42.3 Å². The third kappa shape index (κ3) is 5.04. The maximum atomic E-state index is 14.0. The number of carbonyl (C=O) groups is 2. The molecule has 11 heteroatoms. The summed E-state index contributed by atoms with van der Waals surface area (Å²) in [5.41, 5.74) is 0.233. The first kappa shape index (κ1) is 25.9. The summed E-state index contributed by atoms with van der Waals surface area (Å²) in [6, 6.07) is 12.5. The smallest absolute Gasteiger partial charge is 0.416 e. The normalized spacial score (nSPS) is 16.6. The first-order valence-corrected chi connectivity index (χ1v) is 11.6. The lowest BCUT2D eigenvalue weighted by atomic mass is 9.97. The second-order valence-electron chi connectivity index (χ2n) is 7.89. The predicted molar refractivity (Wildman–Crippen MR) is 134 cm³/mol. The number of methoxy groups -OCH3 is 1. The van der Waals surface area contributed by atoms with Crippen LogP contribution in [-0.2, 0) is 15.7 Å². The molecule has 36 heavy (non-hydrogen) atoms. The highest BCUT2D eigenvalue weighted by Crippen LogP contribution is 2.40. The van der Waals surface area contributed by atoms with E-state index in [9.17, 15) is 22.8 Å². The molecule has 0 saturated heterocycles. The van der Waals surface area contributed by atoms with Gasteiger partial charge in [0.25, 0.3) is 5.91 Å². The number of anilines is 1. The van der Waals surface area contributed by atoms with E-state index < -0.39 is 35.7 Å². The lowest BCUT2D eigenvalue weighted by Crippen LogP contribution is -2.44. The van der Waals surface area contributed by atoms with Crippen LogP contribution in [0.5, 0.6) is 0 Å². The average molecular weight is 553 g/mol. The molecule has 4 rings (SSSR count). The monoisotopic (exact) mass is 552 g/mol. The molecular weight excluding hydrogens is 536 g/mol. The van der Waals surface area contributed by atoms with E-state index in [4.69, 9.17) is 40.2 Å². The fraction of sp³-hybridized carbons (Fsp3) is 0.160. The van der Waals surface area contributed by atoms with Crippen molar-refractivity contribution in [2.45, 2.75) is 18.3 Å². The number of esters is 1. The Hall–Kier alpha value is -3.14. The molecule has 0 bridgehead atoms. The Labute approximate surface area is 219 Å². The predicted octanol–water partition coefficient (Wildman–Crippen LogP) is 6.86. The standard InChI is InChI=1S/C25H17Cl2F3N2O3S/c1-35-24(34)21(14-4-8-16(26)9-5-14)32-20(13-2-6-15(7-3-13)25(28,29)30)22(36)31-19-12-17(27)10-11-18(19)23(32)33/h2-12,20-21H,1H3,(H,31,36). The van der Waals surface area contributed by atoms with E-state index in [2.05, 4.69) is 5.32 Å². The first-order chi connectivity index (χ1) is 17.0. The summed E-state index contributed by atoms with van der Waals surface area (Å²) < 4.78 is 44.6. The van der Waals surface area contributed by atoms with Crippen LogP contribution in [0.2, 0.25) is 10.0 Å². The lowest BCUT2D eigenvalue weighted by molar-refractivity contribution is -0.146. The summed E-state index contributed by atoms with van der Waals surface area (Å²) >= 11 is 17.8. The van der Waals surface area contributed by atoms with E-state index in [-0.39, 0.29) is 16.1 Å². The van der Waals surface area contributed by atoms with Gasteiger partial charge in [-0.25, -0.2) is 4.79 Å². The molecule has 186 valence electrons. The number of alkyl halides is 3. The molecule has 1 amide bonds. The molecule has 5 nitrogen and oxygen atoms in total. The van der Waals surface area contributed by atoms with Gasteiger partial charge in [-0.05, 0) is 53.6 Å². The zero-order valence-corrected chi connectivity index (χ0v) is 20.8. The summed E-state index contributed by atoms with van der Waals surface area (Å²) in [6.07, 6.45) is -4.55. The summed E-state index contributed by atoms with van der Waals surface area (Å²) in [6.45, 7) is 0. The molecule has 2 atom stereocenters. The molecule has 0 aromatic heterocycles. The van der Waals surface area contributed by atoms with Gasteiger partial charge in [-0.2, -0.15) is 13.2 Å². The van der Waals surface area contributed by atoms with Crippen LogP contribution in [0, 0.1) is 0 Å². The van der Waals surface area contributed by atoms with Gasteiger partial charge in [-0.1, -0.05) is 59.7 Å². The number of nitrogens with one attached hydrogen (secondary N) is 1. The Balaban J connectivity index is 1.94. The number of carbonyl (C=O) groups excluding carboxylic acids is 2. The molecule has 0 fully saturated rings. The number of halogens is 5. The van der Waals surface area contributed by atoms with Gasteiger partial charge in [0, 0.05) is 10.0 Å². The van der Waals surface area contributed by atoms with Crippen molar-refractivity contribution in [2.24, 2.45) is 0 Å². The Morgan fingerprint density at radius 2 is 1.64 bits per heavy atom. The highest BCUT2D eigenvalue weighted by atomic mass is 35.5. The van der Waals surface area contributed by atoms with Crippen LogP contribution < -0.4 is 5.32 Å². The molecule has 3 aromatic rings. The zero-order valence-electron chi connectivity index (χ0n) is 18.5. The van der Waals surface area contributed by atoms with Gasteiger partial charge in [0.2, 0.25) is 0 Å². The highest BCUT2D eigenvalue weighted by molar-refractivity contribution is 7.80. The second-order valence-corrected chi connectivity index (χ2v) is 9.20. The summed E-state index contributed by atoms with van der Waals surface area (Å²) in [5, 5.41) is 3.71. The molecule has 1 aliphatic rings. The van der Waals surface area contributed by atoms with Gasteiger partial charge in [0.1, 0.15) is 11.0 Å². The van der Waals surface area contributed by atoms with E-state index in [1.807, 2.05) is 0 Å². The summed E-state index contributed by atoms with van der Waals surface area (Å²) in [5.74, 6) is -1.38. The summed E-state index contributed by atoms with van der Waals surface area (Å²) in [7, 11) is 1.17. The number of fused-ring (bicyclic) bond motifs is 1. The van der Waals surface area contributed by atoms with Gasteiger partial charge in [-0.3, -0.25) is 4.79 Å². The highest BCUT2D eigenvalue weighted by Gasteiger charge is 2.43. The van der Waals surface area contributed by atoms with Crippen LogP contribution in [0.4, 0.5) is 18.9 Å². The van der Waals surface area contributed by atoms with Crippen LogP contribution in [0.15, 0.2) is 66.7 Å². The average Bonchev–Trinajstić information content (AvgIpc) is 2.93. The number of thiocarbonyl (C=S) groups is 1. The van der Waals surface area contributed by atoms with Crippen molar-refractivity contribution in [3.8, 4) is 0 Å². The second kappa shape index (κ2) is 10.1. The first-order valence-electron chi connectivity index (χ1n) is 10.4. The topological polar surface area (TPSA) is 58.6 Å². The maximum Gasteiger partial charge on any atom is 0.416 e. The molecule has 0 aliphatic carbocycles. The molecule has 1 N–H and O–H groups in total. The third-order valence-corrected chi connectivity index (χ3v) is 6.49. The molecule has 0 spiro atoms. The number of amides is 1. The van der Waals surface area contributed by atoms with Crippen LogP contribution >= 0.6 is 35.4 Å². The number of nitrogens with zero attached hydrogens (tertiary/aromatic N) is 1. The van der Waals surface area contributed by atoms with E-state index >= 15 is 0 Å². The molecular formula is C25H17Cl2F3N2O3S. The fourth-order valence-electron chi connectivity index (χ4n) is 3.99. The lowest BCUT2D eigenvalue weighted by Gasteiger charge is -2.36. The summed E-state index contributed by atoms with van der Waals surface area (Å²) in [4.78, 5) is 28.4. The number of hydrogen-bond acceptors (Lipinski definition) is 4. The zero-order chi connectivity index (χ0) is 26.2. The van der Waals surface area contributed by atoms with Crippen LogP contribution in [0.3, 0.4) is 0 Å². The van der Waals surface area contributed by atoms with E-state index in [0.717, 1.165) is 12.1 Å². The Morgan fingerprint density at radius 3 is 2.22 bits per heavy atom. The van der Waals surface area contributed by atoms with Gasteiger partial charge in [-0.15, -0.1) is 0 Å². The molecule has 1 aliphatic heterocycles. The van der Waals surface area contributed by atoms with Gasteiger partial charge >= 0.3 is 12.1 Å². The van der Waals surface area contributed by atoms with Crippen molar-refractivity contribution < 1.29 is 27.5 Å². The van der Waals surface area contributed by atoms with Crippen molar-refractivity contribution in [2.75, 3.05) is 12.4 Å². The Bertz CT molecular complexity index is 1330. The Kier molecular flexibility index (Phi) is 7.26. The quantitative estimate of drug-likeness (QED) is 0.283. The van der Waals surface area contributed by atoms with Crippen molar-refractivity contribution in [1.29, 1.82) is 0 Å². The van der Waals surface area contributed by atoms with Gasteiger partial charge in [0.15, 0.2) is 6.04 Å². The number of ether oxygens (including phenoxy) is 1. The van der Waals surface area contributed by atoms with Gasteiger partial charge < -0.3 is 15.0 Å².